The van der Waals surface area contributed by atoms with Crippen molar-refractivity contribution in [3.8, 4) is 0 Å². The van der Waals surface area contributed by atoms with E-state index in [4.69, 9.17) is 0 Å². The zero-order valence-corrected chi connectivity index (χ0v) is 10.6. The molecule has 0 amide bonds. The first kappa shape index (κ1) is 11.5. The van der Waals surface area contributed by atoms with Crippen LogP contribution in [-0.2, 0) is 6.42 Å². The number of thioether (sulfide) groups is 1. The molecule has 4 heteroatoms. The maximum Gasteiger partial charge on any atom is 0.127 e. The number of fused-ring (bicyclic) bond motifs is 1. The fourth-order valence-corrected chi connectivity index (χ4v) is 3.95. The molecule has 0 aliphatic carbocycles. The second kappa shape index (κ2) is 4.96. The van der Waals surface area contributed by atoms with Gasteiger partial charge in [0.15, 0.2) is 0 Å². The summed E-state index contributed by atoms with van der Waals surface area (Å²) in [6.45, 7) is 5.49. The quantitative estimate of drug-likeness (QED) is 0.863. The molecule has 1 aromatic carbocycles. The lowest BCUT2D eigenvalue weighted by atomic mass is 10.1. The molecule has 2 aliphatic rings. The van der Waals surface area contributed by atoms with Gasteiger partial charge in [0.1, 0.15) is 5.82 Å². The van der Waals surface area contributed by atoms with Gasteiger partial charge in [0.05, 0.1) is 0 Å². The monoisotopic (exact) mass is 252 g/mol. The van der Waals surface area contributed by atoms with Gasteiger partial charge in [-0.05, 0) is 18.6 Å². The first-order valence-electron chi connectivity index (χ1n) is 6.20. The zero-order chi connectivity index (χ0) is 11.7. The molecule has 1 unspecified atom stereocenters. The van der Waals surface area contributed by atoms with Crippen LogP contribution >= 0.6 is 11.8 Å². The lowest BCUT2D eigenvalue weighted by Gasteiger charge is -2.29. The van der Waals surface area contributed by atoms with Crippen LogP contribution in [0, 0.1) is 5.82 Å². The molecule has 1 aromatic rings. The lowest BCUT2D eigenvalue weighted by Crippen LogP contribution is -2.45. The van der Waals surface area contributed by atoms with Crippen molar-refractivity contribution in [3.63, 3.8) is 0 Å². The summed E-state index contributed by atoms with van der Waals surface area (Å²) in [5.74, 6) is -0.0298. The van der Waals surface area contributed by atoms with Gasteiger partial charge in [0.25, 0.3) is 0 Å². The van der Waals surface area contributed by atoms with E-state index >= 15 is 0 Å². The minimum absolute atomic E-state index is 0.0298. The molecule has 1 saturated heterocycles. The second-order valence-corrected chi connectivity index (χ2v) is 6.05. The fraction of sp³-hybridized carbons (Fsp3) is 0.538. The minimum atomic E-state index is -0.0298. The molecule has 0 saturated carbocycles. The normalized spacial score (nSPS) is 24.9. The summed E-state index contributed by atoms with van der Waals surface area (Å²) in [7, 11) is 0. The predicted octanol–water partition coefficient (Wildman–Crippen LogP) is 1.75. The maximum atomic E-state index is 13.6. The minimum Gasteiger partial charge on any atom is -0.314 e. The van der Waals surface area contributed by atoms with E-state index in [0.717, 1.165) is 49.6 Å². The van der Waals surface area contributed by atoms with E-state index in [0.29, 0.717) is 5.25 Å². The van der Waals surface area contributed by atoms with E-state index in [1.807, 2.05) is 23.9 Å². The van der Waals surface area contributed by atoms with Gasteiger partial charge in [-0.15, -0.1) is 11.8 Å². The van der Waals surface area contributed by atoms with Crippen molar-refractivity contribution in [3.05, 3.63) is 29.6 Å². The van der Waals surface area contributed by atoms with Crippen molar-refractivity contribution < 1.29 is 4.39 Å². The Balaban J connectivity index is 1.63. The Kier molecular flexibility index (Phi) is 3.36. The maximum absolute atomic E-state index is 13.6. The number of hydrogen-bond donors (Lipinski definition) is 1. The number of hydrogen-bond acceptors (Lipinski definition) is 3. The van der Waals surface area contributed by atoms with Gasteiger partial charge in [0.2, 0.25) is 0 Å². The summed E-state index contributed by atoms with van der Waals surface area (Å²) >= 11 is 1.84. The Hall–Kier alpha value is -0.580. The van der Waals surface area contributed by atoms with Crippen LogP contribution in [0.1, 0.15) is 5.56 Å². The van der Waals surface area contributed by atoms with Crippen molar-refractivity contribution in [1.82, 2.24) is 10.2 Å². The van der Waals surface area contributed by atoms with Gasteiger partial charge in [-0.1, -0.05) is 6.07 Å². The Morgan fingerprint density at radius 1 is 1.35 bits per heavy atom. The number of nitrogens with zero attached hydrogens (tertiary/aromatic N) is 1. The number of nitrogens with one attached hydrogen (secondary N) is 1. The highest BCUT2D eigenvalue weighted by Crippen LogP contribution is 2.38. The van der Waals surface area contributed by atoms with Crippen LogP contribution in [0.2, 0.25) is 0 Å². The zero-order valence-electron chi connectivity index (χ0n) is 9.79. The van der Waals surface area contributed by atoms with E-state index in [2.05, 4.69) is 10.2 Å². The highest BCUT2D eigenvalue weighted by Gasteiger charge is 2.26. The van der Waals surface area contributed by atoms with E-state index in [9.17, 15) is 4.39 Å². The summed E-state index contributed by atoms with van der Waals surface area (Å²) in [5.41, 5.74) is 0.928. The topological polar surface area (TPSA) is 15.3 Å². The molecule has 1 fully saturated rings. The molecule has 0 bridgehead atoms. The summed E-state index contributed by atoms with van der Waals surface area (Å²) in [6.07, 6.45) is 0.886. The summed E-state index contributed by atoms with van der Waals surface area (Å²) in [6, 6.07) is 5.43. The third kappa shape index (κ3) is 2.49. The largest absolute Gasteiger partial charge is 0.314 e. The molecule has 2 nitrogen and oxygen atoms in total. The third-order valence-corrected chi connectivity index (χ3v) is 4.76. The van der Waals surface area contributed by atoms with Gasteiger partial charge in [0, 0.05) is 48.4 Å². The molecular formula is C13H17FN2S. The van der Waals surface area contributed by atoms with Gasteiger partial charge in [-0.2, -0.15) is 0 Å². The molecule has 0 radical (unpaired) electrons. The van der Waals surface area contributed by atoms with Crippen LogP contribution in [0.4, 0.5) is 4.39 Å². The molecule has 0 spiro atoms. The number of piperazine rings is 1. The first-order chi connectivity index (χ1) is 8.33. The number of halogens is 1. The summed E-state index contributed by atoms with van der Waals surface area (Å²) < 4.78 is 13.6. The summed E-state index contributed by atoms with van der Waals surface area (Å²) in [4.78, 5) is 3.63. The van der Waals surface area contributed by atoms with Gasteiger partial charge >= 0.3 is 0 Å². The van der Waals surface area contributed by atoms with Gasteiger partial charge in [-0.25, -0.2) is 4.39 Å². The highest BCUT2D eigenvalue weighted by atomic mass is 32.2. The second-order valence-electron chi connectivity index (χ2n) is 4.71. The van der Waals surface area contributed by atoms with Crippen LogP contribution < -0.4 is 5.32 Å². The van der Waals surface area contributed by atoms with Gasteiger partial charge in [-0.3, -0.25) is 4.90 Å². The molecule has 17 heavy (non-hydrogen) atoms. The van der Waals surface area contributed by atoms with E-state index in [-0.39, 0.29) is 5.82 Å². The lowest BCUT2D eigenvalue weighted by molar-refractivity contribution is 0.242. The average molecular weight is 252 g/mol. The molecule has 1 atom stereocenters. The van der Waals surface area contributed by atoms with E-state index in [1.54, 1.807) is 6.07 Å². The average Bonchev–Trinajstić information content (AvgIpc) is 2.74. The Bertz CT molecular complexity index is 404. The molecule has 1 N–H and O–H groups in total. The van der Waals surface area contributed by atoms with Crippen LogP contribution in [0.3, 0.4) is 0 Å². The number of rotatable bonds is 2. The standard InChI is InChI=1S/C13H17FN2S/c14-12-2-1-3-13-11(12)8-10(17-13)9-16-6-4-15-5-7-16/h1-3,10,15H,4-9H2. The Morgan fingerprint density at radius 2 is 2.18 bits per heavy atom. The Labute approximate surface area is 106 Å². The smallest absolute Gasteiger partial charge is 0.127 e. The van der Waals surface area contributed by atoms with Crippen molar-refractivity contribution in [2.24, 2.45) is 0 Å². The Morgan fingerprint density at radius 3 is 2.94 bits per heavy atom. The number of benzene rings is 1. The van der Waals surface area contributed by atoms with Crippen molar-refractivity contribution in [2.45, 2.75) is 16.6 Å². The molecule has 2 heterocycles. The first-order valence-corrected chi connectivity index (χ1v) is 7.08. The molecule has 0 aromatic heterocycles. The van der Waals surface area contributed by atoms with E-state index in [1.165, 1.54) is 0 Å². The van der Waals surface area contributed by atoms with Crippen LogP contribution in [0.25, 0.3) is 0 Å². The van der Waals surface area contributed by atoms with Crippen molar-refractivity contribution in [2.75, 3.05) is 32.7 Å². The SMILES string of the molecule is Fc1cccc2c1CC(CN1CCNCC1)S2. The predicted molar refractivity (Wildman–Crippen MR) is 69.1 cm³/mol. The van der Waals surface area contributed by atoms with E-state index < -0.39 is 0 Å². The fourth-order valence-electron chi connectivity index (χ4n) is 2.58. The summed E-state index contributed by atoms with van der Waals surface area (Å²) in [5, 5.41) is 3.89. The van der Waals surface area contributed by atoms with Crippen LogP contribution in [0.15, 0.2) is 23.1 Å². The highest BCUT2D eigenvalue weighted by molar-refractivity contribution is 8.00. The molecule has 92 valence electrons. The van der Waals surface area contributed by atoms with Crippen LogP contribution in [0.5, 0.6) is 0 Å². The van der Waals surface area contributed by atoms with Crippen LogP contribution in [-0.4, -0.2) is 42.9 Å². The van der Waals surface area contributed by atoms with Crippen molar-refractivity contribution in [1.29, 1.82) is 0 Å². The molecule has 3 rings (SSSR count). The molecular weight excluding hydrogens is 235 g/mol. The van der Waals surface area contributed by atoms with Gasteiger partial charge < -0.3 is 5.32 Å². The van der Waals surface area contributed by atoms with Crippen molar-refractivity contribution >= 4 is 11.8 Å². The third-order valence-electron chi connectivity index (χ3n) is 3.47. The molecule has 2 aliphatic heterocycles.